The van der Waals surface area contributed by atoms with Crippen LogP contribution in [0.4, 0.5) is 5.95 Å². The molecule has 0 fully saturated rings. The number of aromatic carboxylic acids is 1. The summed E-state index contributed by atoms with van der Waals surface area (Å²) in [5.41, 5.74) is 1.51. The molecule has 2 aromatic heterocycles. The number of carbonyl (C=O) groups is 1. The van der Waals surface area contributed by atoms with E-state index in [2.05, 4.69) is 25.5 Å². The number of rotatable bonds is 4. The Labute approximate surface area is 123 Å². The molecule has 0 saturated carbocycles. The first-order valence-corrected chi connectivity index (χ1v) is 7.06. The molecule has 0 aliphatic carbocycles. The molecule has 2 N–H and O–H groups in total. The van der Waals surface area contributed by atoms with Crippen molar-refractivity contribution in [2.75, 3.05) is 5.32 Å². The van der Waals surface area contributed by atoms with Gasteiger partial charge in [-0.3, -0.25) is 0 Å². The fourth-order valence-electron chi connectivity index (χ4n) is 1.78. The van der Waals surface area contributed by atoms with Gasteiger partial charge in [0.25, 0.3) is 0 Å². The van der Waals surface area contributed by atoms with Gasteiger partial charge in [0.2, 0.25) is 5.95 Å². The summed E-state index contributed by atoms with van der Waals surface area (Å²) in [6.45, 7) is 1.86. The fourth-order valence-corrected chi connectivity index (χ4v) is 2.58. The summed E-state index contributed by atoms with van der Waals surface area (Å²) in [5.74, 6) is -0.651. The third kappa shape index (κ3) is 2.79. The summed E-state index contributed by atoms with van der Waals surface area (Å²) in [6.07, 6.45) is 0. The lowest BCUT2D eigenvalue weighted by Crippen LogP contribution is -2.10. The number of carboxylic acids is 1. The highest BCUT2D eigenvalue weighted by atomic mass is 32.1. The molecule has 3 aromatic rings. The molecule has 0 aliphatic heterocycles. The Morgan fingerprint density at radius 3 is 2.71 bits per heavy atom. The van der Waals surface area contributed by atoms with Gasteiger partial charge in [0.1, 0.15) is 10.5 Å². The van der Waals surface area contributed by atoms with E-state index >= 15 is 0 Å². The minimum atomic E-state index is -1.03. The Morgan fingerprint density at radius 1 is 1.24 bits per heavy atom. The zero-order valence-corrected chi connectivity index (χ0v) is 11.8. The molecule has 3 rings (SSSR count). The van der Waals surface area contributed by atoms with Crippen LogP contribution < -0.4 is 5.32 Å². The number of fused-ring (bicyclic) bond motifs is 1. The van der Waals surface area contributed by atoms with Crippen molar-refractivity contribution >= 4 is 34.3 Å². The number of para-hydroxylation sites is 1. The Kier molecular flexibility index (Phi) is 3.44. The molecule has 106 valence electrons. The van der Waals surface area contributed by atoms with Gasteiger partial charge in [0.15, 0.2) is 5.69 Å². The van der Waals surface area contributed by atoms with Crippen LogP contribution in [0.1, 0.15) is 28.5 Å². The highest BCUT2D eigenvalue weighted by molar-refractivity contribution is 7.09. The Morgan fingerprint density at radius 2 is 2.00 bits per heavy atom. The van der Waals surface area contributed by atoms with Gasteiger partial charge in [0.05, 0.1) is 11.6 Å². The summed E-state index contributed by atoms with van der Waals surface area (Å²) in [6, 6.07) is 7.24. The predicted molar refractivity (Wildman–Crippen MR) is 78.4 cm³/mol. The third-order valence-corrected chi connectivity index (χ3v) is 3.85. The standard InChI is InChI=1S/C13H11N5O2S/c1-7(11-15-10(6-21-11)12(19)20)14-13-16-8-4-2-3-5-9(8)17-18-13/h2-7H,1H3,(H,19,20)(H,14,16,18). The quantitative estimate of drug-likeness (QED) is 0.762. The lowest BCUT2D eigenvalue weighted by molar-refractivity contribution is 0.0691. The largest absolute Gasteiger partial charge is 0.476 e. The number of anilines is 1. The van der Waals surface area contributed by atoms with Crippen LogP contribution in [0.2, 0.25) is 0 Å². The fraction of sp³-hybridized carbons (Fsp3) is 0.154. The van der Waals surface area contributed by atoms with E-state index < -0.39 is 5.97 Å². The Hall–Kier alpha value is -2.61. The molecular weight excluding hydrogens is 290 g/mol. The maximum atomic E-state index is 10.8. The van der Waals surface area contributed by atoms with Gasteiger partial charge < -0.3 is 10.4 Å². The van der Waals surface area contributed by atoms with E-state index in [0.29, 0.717) is 11.0 Å². The summed E-state index contributed by atoms with van der Waals surface area (Å²) in [4.78, 5) is 19.2. The summed E-state index contributed by atoms with van der Waals surface area (Å²) in [5, 5.41) is 22.2. The van der Waals surface area contributed by atoms with Gasteiger partial charge in [0, 0.05) is 5.38 Å². The van der Waals surface area contributed by atoms with Gasteiger partial charge >= 0.3 is 5.97 Å². The monoisotopic (exact) mass is 301 g/mol. The van der Waals surface area contributed by atoms with Crippen molar-refractivity contribution in [1.29, 1.82) is 0 Å². The average molecular weight is 301 g/mol. The van der Waals surface area contributed by atoms with E-state index in [1.807, 2.05) is 31.2 Å². The van der Waals surface area contributed by atoms with Gasteiger partial charge in [-0.05, 0) is 19.1 Å². The maximum Gasteiger partial charge on any atom is 0.355 e. The molecule has 0 bridgehead atoms. The molecule has 8 heteroatoms. The van der Waals surface area contributed by atoms with E-state index in [-0.39, 0.29) is 11.7 Å². The molecule has 1 unspecified atom stereocenters. The lowest BCUT2D eigenvalue weighted by Gasteiger charge is -2.10. The third-order valence-electron chi connectivity index (χ3n) is 2.82. The first-order chi connectivity index (χ1) is 10.1. The minimum absolute atomic E-state index is 0.0428. The second-order valence-corrected chi connectivity index (χ2v) is 5.26. The SMILES string of the molecule is CC(Nc1nnc2ccccc2n1)c1nc(C(=O)O)cs1. The summed E-state index contributed by atoms with van der Waals surface area (Å²) in [7, 11) is 0. The van der Waals surface area contributed by atoms with Crippen LogP contribution in [0.25, 0.3) is 11.0 Å². The van der Waals surface area contributed by atoms with E-state index in [0.717, 1.165) is 11.0 Å². The molecule has 0 radical (unpaired) electrons. The van der Waals surface area contributed by atoms with Crippen molar-refractivity contribution in [2.45, 2.75) is 13.0 Å². The highest BCUT2D eigenvalue weighted by Crippen LogP contribution is 2.21. The number of nitrogens with one attached hydrogen (secondary N) is 1. The second-order valence-electron chi connectivity index (χ2n) is 4.37. The van der Waals surface area contributed by atoms with Crippen LogP contribution >= 0.6 is 11.3 Å². The molecule has 0 saturated heterocycles. The first-order valence-electron chi connectivity index (χ1n) is 6.18. The molecular formula is C13H11N5O2S. The highest BCUT2D eigenvalue weighted by Gasteiger charge is 2.15. The molecule has 0 aliphatic rings. The molecule has 2 heterocycles. The van der Waals surface area contributed by atoms with Crippen molar-refractivity contribution < 1.29 is 9.90 Å². The Bertz CT molecular complexity index is 804. The number of carboxylic acid groups (broad SMARTS) is 1. The van der Waals surface area contributed by atoms with E-state index in [4.69, 9.17) is 5.11 Å². The van der Waals surface area contributed by atoms with Crippen LogP contribution in [0.3, 0.4) is 0 Å². The molecule has 21 heavy (non-hydrogen) atoms. The average Bonchev–Trinajstić information content (AvgIpc) is 2.97. The molecule has 0 amide bonds. The van der Waals surface area contributed by atoms with Crippen molar-refractivity contribution in [1.82, 2.24) is 20.2 Å². The van der Waals surface area contributed by atoms with Gasteiger partial charge in [-0.25, -0.2) is 14.8 Å². The van der Waals surface area contributed by atoms with Crippen molar-refractivity contribution in [3.05, 3.63) is 40.3 Å². The smallest absolute Gasteiger partial charge is 0.355 e. The van der Waals surface area contributed by atoms with Crippen molar-refractivity contribution in [3.63, 3.8) is 0 Å². The topological polar surface area (TPSA) is 101 Å². The van der Waals surface area contributed by atoms with Crippen LogP contribution in [-0.2, 0) is 0 Å². The zero-order chi connectivity index (χ0) is 14.8. The molecule has 1 aromatic carbocycles. The van der Waals surface area contributed by atoms with Crippen molar-refractivity contribution in [2.24, 2.45) is 0 Å². The molecule has 0 spiro atoms. The summed E-state index contributed by atoms with van der Waals surface area (Å²) < 4.78 is 0. The van der Waals surface area contributed by atoms with E-state index in [9.17, 15) is 4.79 Å². The first kappa shape index (κ1) is 13.4. The van der Waals surface area contributed by atoms with Crippen LogP contribution in [-0.4, -0.2) is 31.2 Å². The number of aromatic nitrogens is 4. The summed E-state index contributed by atoms with van der Waals surface area (Å²) >= 11 is 1.28. The Balaban J connectivity index is 1.81. The van der Waals surface area contributed by atoms with Crippen LogP contribution in [0.15, 0.2) is 29.6 Å². The van der Waals surface area contributed by atoms with E-state index in [1.165, 1.54) is 16.7 Å². The number of benzene rings is 1. The number of nitrogens with zero attached hydrogens (tertiary/aromatic N) is 4. The minimum Gasteiger partial charge on any atom is -0.476 e. The number of hydrogen-bond acceptors (Lipinski definition) is 7. The second kappa shape index (κ2) is 5.41. The van der Waals surface area contributed by atoms with Gasteiger partial charge in [-0.15, -0.1) is 21.5 Å². The molecule has 1 atom stereocenters. The number of thiazole rings is 1. The zero-order valence-electron chi connectivity index (χ0n) is 11.0. The van der Waals surface area contributed by atoms with E-state index in [1.54, 1.807) is 0 Å². The van der Waals surface area contributed by atoms with Crippen molar-refractivity contribution in [3.8, 4) is 0 Å². The van der Waals surface area contributed by atoms with Crippen LogP contribution in [0.5, 0.6) is 0 Å². The maximum absolute atomic E-state index is 10.8. The van der Waals surface area contributed by atoms with Gasteiger partial charge in [-0.1, -0.05) is 12.1 Å². The molecule has 7 nitrogen and oxygen atoms in total. The lowest BCUT2D eigenvalue weighted by atomic mass is 10.3. The number of hydrogen-bond donors (Lipinski definition) is 2. The predicted octanol–water partition coefficient (Wildman–Crippen LogP) is 2.35. The van der Waals surface area contributed by atoms with Crippen LogP contribution in [0, 0.1) is 0 Å². The normalized spacial score (nSPS) is 12.2. The van der Waals surface area contributed by atoms with Gasteiger partial charge in [-0.2, -0.15) is 0 Å².